The number of nitrogens with zero attached hydrogens (tertiary/aromatic N) is 2. The first-order valence-corrected chi connectivity index (χ1v) is 10.6. The molecule has 1 saturated carbocycles. The number of hydrogen-bond donors (Lipinski definition) is 0. The van der Waals surface area contributed by atoms with E-state index in [0.29, 0.717) is 54.6 Å². The molecule has 6 heteroatoms. The van der Waals surface area contributed by atoms with Crippen molar-refractivity contribution in [3.8, 4) is 11.5 Å². The third kappa shape index (κ3) is 3.45. The maximum absolute atomic E-state index is 12.8. The van der Waals surface area contributed by atoms with Gasteiger partial charge in [-0.1, -0.05) is 38.1 Å². The zero-order valence-electron chi connectivity index (χ0n) is 17.4. The molecule has 2 aliphatic heterocycles. The van der Waals surface area contributed by atoms with Crippen LogP contribution in [0.2, 0.25) is 0 Å². The number of Topliss-reactive ketones (excluding diaryl/α,β-unsaturated/α-hetero) is 1. The molecule has 0 N–H and O–H groups in total. The van der Waals surface area contributed by atoms with Crippen molar-refractivity contribution in [3.05, 3.63) is 53.1 Å². The number of amides is 1. The van der Waals surface area contributed by atoms with E-state index in [1.165, 1.54) is 11.1 Å². The number of benzene rings is 2. The minimum Gasteiger partial charge on any atom is -0.486 e. The fourth-order valence-corrected chi connectivity index (χ4v) is 4.13. The maximum Gasteiger partial charge on any atom is 0.300 e. The zero-order valence-corrected chi connectivity index (χ0v) is 17.4. The van der Waals surface area contributed by atoms with Crippen molar-refractivity contribution >= 4 is 17.4 Å². The molecule has 156 valence electrons. The Kier molecular flexibility index (Phi) is 4.74. The summed E-state index contributed by atoms with van der Waals surface area (Å²) in [5.74, 6) is 0.676. The second-order valence-corrected chi connectivity index (χ2v) is 8.59. The molecule has 0 radical (unpaired) electrons. The quantitative estimate of drug-likeness (QED) is 0.684. The molecule has 0 bridgehead atoms. The van der Waals surface area contributed by atoms with E-state index >= 15 is 0 Å². The van der Waals surface area contributed by atoms with Gasteiger partial charge < -0.3 is 9.47 Å². The van der Waals surface area contributed by atoms with Gasteiger partial charge in [0.05, 0.1) is 17.9 Å². The van der Waals surface area contributed by atoms with Crippen LogP contribution in [0.25, 0.3) is 0 Å². The number of ether oxygens (including phenoxy) is 2. The van der Waals surface area contributed by atoms with E-state index in [2.05, 4.69) is 43.0 Å². The molecule has 0 atom stereocenters. The molecule has 0 spiro atoms. The van der Waals surface area contributed by atoms with Crippen LogP contribution in [0.15, 0.2) is 36.4 Å². The number of carbonyl (C=O) groups excluding carboxylic acids is 2. The summed E-state index contributed by atoms with van der Waals surface area (Å²) in [7, 11) is 0. The van der Waals surface area contributed by atoms with Gasteiger partial charge in [0.15, 0.2) is 11.5 Å². The summed E-state index contributed by atoms with van der Waals surface area (Å²) in [5.41, 5.74) is 3.56. The molecule has 1 fully saturated rings. The third-order valence-corrected chi connectivity index (χ3v) is 6.05. The van der Waals surface area contributed by atoms with Crippen LogP contribution in [0.1, 0.15) is 54.1 Å². The van der Waals surface area contributed by atoms with Crippen molar-refractivity contribution in [2.75, 3.05) is 24.8 Å². The molecule has 0 saturated heterocycles. The van der Waals surface area contributed by atoms with Crippen molar-refractivity contribution < 1.29 is 19.1 Å². The topological polar surface area (TPSA) is 59.1 Å². The van der Waals surface area contributed by atoms with E-state index in [4.69, 9.17) is 9.47 Å². The molecule has 0 unspecified atom stereocenters. The molecule has 2 aromatic rings. The van der Waals surface area contributed by atoms with Gasteiger partial charge in [0.2, 0.25) is 0 Å². The highest BCUT2D eigenvalue weighted by Crippen LogP contribution is 2.41. The molecule has 0 aromatic heterocycles. The largest absolute Gasteiger partial charge is 0.486 e. The highest BCUT2D eigenvalue weighted by molar-refractivity contribution is 6.52. The Balaban J connectivity index is 1.39. The third-order valence-electron chi connectivity index (χ3n) is 6.05. The van der Waals surface area contributed by atoms with Crippen LogP contribution in [0.4, 0.5) is 5.69 Å². The lowest BCUT2D eigenvalue weighted by Crippen LogP contribution is -2.41. The van der Waals surface area contributed by atoms with Crippen LogP contribution >= 0.6 is 0 Å². The molecule has 6 nitrogen and oxygen atoms in total. The van der Waals surface area contributed by atoms with Gasteiger partial charge in [-0.2, -0.15) is 0 Å². The number of hydrogen-bond acceptors (Lipinski definition) is 5. The first-order chi connectivity index (χ1) is 14.5. The zero-order chi connectivity index (χ0) is 20.8. The predicted molar refractivity (Wildman–Crippen MR) is 113 cm³/mol. The van der Waals surface area contributed by atoms with Gasteiger partial charge in [-0.05, 0) is 36.0 Å². The van der Waals surface area contributed by atoms with E-state index < -0.39 is 11.7 Å². The minimum atomic E-state index is -0.479. The fourth-order valence-electron chi connectivity index (χ4n) is 4.13. The van der Waals surface area contributed by atoms with Crippen molar-refractivity contribution in [2.24, 2.45) is 0 Å². The van der Waals surface area contributed by atoms with Gasteiger partial charge in [-0.15, -0.1) is 0 Å². The van der Waals surface area contributed by atoms with Gasteiger partial charge in [0.1, 0.15) is 13.2 Å². The molecule has 2 aromatic carbocycles. The van der Waals surface area contributed by atoms with Crippen LogP contribution in [0, 0.1) is 0 Å². The second kappa shape index (κ2) is 7.43. The van der Waals surface area contributed by atoms with Crippen molar-refractivity contribution in [2.45, 2.75) is 45.2 Å². The summed E-state index contributed by atoms with van der Waals surface area (Å²) >= 11 is 0. The number of rotatable bonds is 6. The minimum absolute atomic E-state index is 0.397. The number of ketones is 1. The van der Waals surface area contributed by atoms with Gasteiger partial charge in [-0.25, -0.2) is 0 Å². The van der Waals surface area contributed by atoms with Crippen LogP contribution in [-0.4, -0.2) is 42.5 Å². The lowest BCUT2D eigenvalue weighted by Gasteiger charge is -2.28. The summed E-state index contributed by atoms with van der Waals surface area (Å²) < 4.78 is 11.3. The van der Waals surface area contributed by atoms with E-state index in [9.17, 15) is 9.59 Å². The Hall–Kier alpha value is -2.86. The average Bonchev–Trinajstić information content (AvgIpc) is 3.57. The summed E-state index contributed by atoms with van der Waals surface area (Å²) in [4.78, 5) is 29.3. The Morgan fingerprint density at radius 3 is 2.33 bits per heavy atom. The molecule has 1 amide bonds. The highest BCUT2D eigenvalue weighted by atomic mass is 16.6. The Morgan fingerprint density at radius 2 is 1.70 bits per heavy atom. The molecule has 30 heavy (non-hydrogen) atoms. The first kappa shape index (κ1) is 19.1. The van der Waals surface area contributed by atoms with Crippen LogP contribution in [0.3, 0.4) is 0 Å². The Bertz CT molecular complexity index is 995. The first-order valence-electron chi connectivity index (χ1n) is 10.6. The van der Waals surface area contributed by atoms with E-state index in [1.807, 2.05) is 0 Å². The normalized spacial score (nSPS) is 17.8. The van der Waals surface area contributed by atoms with Crippen LogP contribution in [0.5, 0.6) is 11.5 Å². The van der Waals surface area contributed by atoms with Gasteiger partial charge in [-0.3, -0.25) is 19.4 Å². The smallest absolute Gasteiger partial charge is 0.300 e. The average molecular weight is 406 g/mol. The van der Waals surface area contributed by atoms with Gasteiger partial charge in [0.25, 0.3) is 5.78 Å². The summed E-state index contributed by atoms with van der Waals surface area (Å²) in [5, 5.41) is 0. The fraction of sp³-hybridized carbons (Fsp3) is 0.417. The van der Waals surface area contributed by atoms with Crippen molar-refractivity contribution in [1.82, 2.24) is 4.90 Å². The number of carbonyl (C=O) groups is 2. The molecule has 5 rings (SSSR count). The standard InChI is InChI=1S/C24H26N2O4/c1-15(2)17-5-3-16(4-6-17)13-25(18-7-8-18)14-26-20-12-22-21(29-9-10-30-22)11-19(20)23(27)24(26)28/h3-6,11-12,15,18H,7-10,13-14H2,1-2H3. The molecule has 2 heterocycles. The van der Waals surface area contributed by atoms with E-state index in [1.54, 1.807) is 17.0 Å². The highest BCUT2D eigenvalue weighted by Gasteiger charge is 2.40. The Labute approximate surface area is 176 Å². The predicted octanol–water partition coefficient (Wildman–Crippen LogP) is 3.73. The molecular weight excluding hydrogens is 380 g/mol. The SMILES string of the molecule is CC(C)c1ccc(CN(CN2C(=O)C(=O)c3cc4c(cc32)OCCO4)C2CC2)cc1. The molecular formula is C24H26N2O4. The van der Waals surface area contributed by atoms with Gasteiger partial charge >= 0.3 is 5.91 Å². The molecule has 1 aliphatic carbocycles. The van der Waals surface area contributed by atoms with E-state index in [-0.39, 0.29) is 0 Å². The number of fused-ring (bicyclic) bond motifs is 2. The monoisotopic (exact) mass is 406 g/mol. The Morgan fingerprint density at radius 1 is 1.03 bits per heavy atom. The lowest BCUT2D eigenvalue weighted by atomic mass is 10.0. The maximum atomic E-state index is 12.8. The van der Waals surface area contributed by atoms with E-state index in [0.717, 1.165) is 19.4 Å². The van der Waals surface area contributed by atoms with Crippen molar-refractivity contribution in [1.29, 1.82) is 0 Å². The lowest BCUT2D eigenvalue weighted by molar-refractivity contribution is -0.114. The van der Waals surface area contributed by atoms with Crippen molar-refractivity contribution in [3.63, 3.8) is 0 Å². The van der Waals surface area contributed by atoms with Crippen LogP contribution < -0.4 is 14.4 Å². The number of anilines is 1. The summed E-state index contributed by atoms with van der Waals surface area (Å²) in [6.07, 6.45) is 2.24. The summed E-state index contributed by atoms with van der Waals surface area (Å²) in [6, 6.07) is 12.5. The van der Waals surface area contributed by atoms with Gasteiger partial charge in [0, 0.05) is 18.7 Å². The summed E-state index contributed by atoms with van der Waals surface area (Å²) in [6.45, 7) is 6.44. The molecule has 3 aliphatic rings. The van der Waals surface area contributed by atoms with Crippen LogP contribution in [-0.2, 0) is 11.3 Å². The second-order valence-electron chi connectivity index (χ2n) is 8.59.